The lowest BCUT2D eigenvalue weighted by Crippen LogP contribution is -2.32. The Morgan fingerprint density at radius 1 is 1.47 bits per heavy atom. The summed E-state index contributed by atoms with van der Waals surface area (Å²) in [4.78, 5) is 8.10. The normalized spacial score (nSPS) is 11.5. The summed E-state index contributed by atoms with van der Waals surface area (Å²) in [6, 6.07) is 0. The second-order valence-corrected chi connectivity index (χ2v) is 6.00. The van der Waals surface area contributed by atoms with Crippen molar-refractivity contribution in [1.82, 2.24) is 9.97 Å². The Hall–Kier alpha value is -0.490. The molecule has 1 rings (SSSR count). The van der Waals surface area contributed by atoms with Crippen LogP contribution in [0.3, 0.4) is 0 Å². The smallest absolute Gasteiger partial charge is 0.221 e. The van der Waals surface area contributed by atoms with Crippen molar-refractivity contribution >= 4 is 39.5 Å². The highest BCUT2D eigenvalue weighted by molar-refractivity contribution is 9.10. The molecule has 1 aromatic rings. The van der Waals surface area contributed by atoms with Crippen molar-refractivity contribution in [2.45, 2.75) is 31.4 Å². The number of nitrogen functional groups attached to an aromatic ring is 1. The third-order valence-corrected chi connectivity index (χ3v) is 5.23. The molecule has 1 aromatic heterocycles. The molecule has 0 aliphatic carbocycles. The Kier molecular flexibility index (Phi) is 5.52. The van der Waals surface area contributed by atoms with Crippen LogP contribution in [0.2, 0.25) is 0 Å². The molecule has 0 saturated heterocycles. The summed E-state index contributed by atoms with van der Waals surface area (Å²) < 4.78 is 1.09. The van der Waals surface area contributed by atoms with E-state index in [9.17, 15) is 0 Å². The van der Waals surface area contributed by atoms with Crippen LogP contribution in [0.1, 0.15) is 26.7 Å². The van der Waals surface area contributed by atoms with Crippen molar-refractivity contribution in [2.75, 3.05) is 23.9 Å². The molecule has 0 amide bonds. The van der Waals surface area contributed by atoms with Crippen molar-refractivity contribution in [3.05, 3.63) is 10.7 Å². The van der Waals surface area contributed by atoms with E-state index in [4.69, 9.17) is 5.73 Å². The average Bonchev–Trinajstić information content (AvgIpc) is 2.35. The summed E-state index contributed by atoms with van der Waals surface area (Å²) >= 11 is 5.31. The van der Waals surface area contributed by atoms with Gasteiger partial charge in [-0.2, -0.15) is 16.7 Å². The van der Waals surface area contributed by atoms with Gasteiger partial charge < -0.3 is 11.1 Å². The van der Waals surface area contributed by atoms with Crippen LogP contribution >= 0.6 is 27.7 Å². The molecule has 1 heterocycles. The van der Waals surface area contributed by atoms with Gasteiger partial charge in [0.25, 0.3) is 0 Å². The number of halogens is 1. The largest absolute Gasteiger partial charge is 0.368 e. The first kappa shape index (κ1) is 14.6. The topological polar surface area (TPSA) is 63.8 Å². The van der Waals surface area contributed by atoms with Gasteiger partial charge in [-0.15, -0.1) is 0 Å². The lowest BCUT2D eigenvalue weighted by Gasteiger charge is -2.30. The van der Waals surface area contributed by atoms with E-state index in [0.29, 0.717) is 5.95 Å². The highest BCUT2D eigenvalue weighted by atomic mass is 79.9. The van der Waals surface area contributed by atoms with Crippen LogP contribution in [0.5, 0.6) is 0 Å². The van der Waals surface area contributed by atoms with E-state index in [1.807, 2.05) is 11.8 Å². The molecule has 0 fully saturated rings. The minimum Gasteiger partial charge on any atom is -0.368 e. The van der Waals surface area contributed by atoms with E-state index < -0.39 is 0 Å². The highest BCUT2D eigenvalue weighted by Crippen LogP contribution is 2.31. The molecule has 0 aromatic carbocycles. The Morgan fingerprint density at radius 2 is 2.12 bits per heavy atom. The Balaban J connectivity index is 2.75. The van der Waals surface area contributed by atoms with Gasteiger partial charge in [-0.05, 0) is 35.0 Å². The molecule has 17 heavy (non-hydrogen) atoms. The molecule has 96 valence electrons. The number of nitrogens with zero attached hydrogens (tertiary/aromatic N) is 2. The number of aromatic nitrogens is 2. The van der Waals surface area contributed by atoms with E-state index in [-0.39, 0.29) is 4.75 Å². The predicted molar refractivity (Wildman–Crippen MR) is 79.5 cm³/mol. The molecule has 0 spiro atoms. The zero-order chi connectivity index (χ0) is 12.9. The van der Waals surface area contributed by atoms with Crippen LogP contribution in [-0.4, -0.2) is 27.5 Å². The fourth-order valence-electron chi connectivity index (χ4n) is 1.61. The number of nitrogens with two attached hydrogens (primary N) is 1. The van der Waals surface area contributed by atoms with Crippen molar-refractivity contribution in [3.63, 3.8) is 0 Å². The molecule has 0 atom stereocenters. The van der Waals surface area contributed by atoms with Crippen molar-refractivity contribution in [1.29, 1.82) is 0 Å². The molecule has 0 radical (unpaired) electrons. The van der Waals surface area contributed by atoms with Crippen LogP contribution < -0.4 is 11.1 Å². The molecule has 0 aliphatic heterocycles. The third kappa shape index (κ3) is 3.74. The molecule has 0 saturated carbocycles. The van der Waals surface area contributed by atoms with Gasteiger partial charge >= 0.3 is 0 Å². The van der Waals surface area contributed by atoms with Gasteiger partial charge in [0.15, 0.2) is 0 Å². The summed E-state index contributed by atoms with van der Waals surface area (Å²) in [6.45, 7) is 5.30. The minimum absolute atomic E-state index is 0.249. The molecular weight excluding hydrogens is 300 g/mol. The number of rotatable bonds is 6. The summed E-state index contributed by atoms with van der Waals surface area (Å²) in [6.07, 6.45) is 6.06. The van der Waals surface area contributed by atoms with Crippen molar-refractivity contribution in [2.24, 2.45) is 0 Å². The molecule has 4 nitrogen and oxygen atoms in total. The SMILES string of the molecule is CCC(CC)(CNc1nc(N)ncc1Br)SC. The maximum Gasteiger partial charge on any atom is 0.221 e. The number of hydrogen-bond acceptors (Lipinski definition) is 5. The standard InChI is InChI=1S/C11H19BrN4S/c1-4-11(5-2,17-3)7-15-9-8(12)6-14-10(13)16-9/h6H,4-5,7H2,1-3H3,(H3,13,14,15,16). The second kappa shape index (κ2) is 6.44. The third-order valence-electron chi connectivity index (χ3n) is 3.06. The molecule has 0 unspecified atom stereocenters. The van der Waals surface area contributed by atoms with Crippen molar-refractivity contribution < 1.29 is 0 Å². The monoisotopic (exact) mass is 318 g/mol. The number of nitrogens with one attached hydrogen (secondary N) is 1. The van der Waals surface area contributed by atoms with Gasteiger partial charge in [0.1, 0.15) is 5.82 Å². The van der Waals surface area contributed by atoms with E-state index in [0.717, 1.165) is 29.7 Å². The molecular formula is C11H19BrN4S. The number of anilines is 2. The Labute approximate surface area is 115 Å². The van der Waals surface area contributed by atoms with Crippen LogP contribution in [0.25, 0.3) is 0 Å². The predicted octanol–water partition coefficient (Wildman–Crippen LogP) is 3.16. The Morgan fingerprint density at radius 3 is 2.65 bits per heavy atom. The maximum absolute atomic E-state index is 5.58. The fourth-order valence-corrected chi connectivity index (χ4v) is 2.74. The highest BCUT2D eigenvalue weighted by Gasteiger charge is 2.24. The summed E-state index contributed by atoms with van der Waals surface area (Å²) in [7, 11) is 0. The van der Waals surface area contributed by atoms with Crippen LogP contribution in [0.4, 0.5) is 11.8 Å². The lowest BCUT2D eigenvalue weighted by molar-refractivity contribution is 0.574. The van der Waals surface area contributed by atoms with E-state index in [1.54, 1.807) is 6.20 Å². The summed E-state index contributed by atoms with van der Waals surface area (Å²) in [5.74, 6) is 1.05. The van der Waals surface area contributed by atoms with Crippen LogP contribution in [0.15, 0.2) is 10.7 Å². The van der Waals surface area contributed by atoms with Gasteiger partial charge in [-0.3, -0.25) is 0 Å². The lowest BCUT2D eigenvalue weighted by atomic mass is 10.0. The minimum atomic E-state index is 0.249. The number of hydrogen-bond donors (Lipinski definition) is 2. The van der Waals surface area contributed by atoms with E-state index in [2.05, 4.69) is 51.3 Å². The van der Waals surface area contributed by atoms with Crippen LogP contribution in [-0.2, 0) is 0 Å². The van der Waals surface area contributed by atoms with E-state index >= 15 is 0 Å². The van der Waals surface area contributed by atoms with E-state index in [1.165, 1.54) is 0 Å². The molecule has 0 bridgehead atoms. The first-order valence-electron chi connectivity index (χ1n) is 5.64. The van der Waals surface area contributed by atoms with Crippen molar-refractivity contribution in [3.8, 4) is 0 Å². The first-order valence-corrected chi connectivity index (χ1v) is 7.65. The Bertz CT molecular complexity index is 360. The van der Waals surface area contributed by atoms with Gasteiger partial charge in [-0.25, -0.2) is 4.98 Å². The molecule has 6 heteroatoms. The number of thioether (sulfide) groups is 1. The van der Waals surface area contributed by atoms with Gasteiger partial charge in [0, 0.05) is 17.5 Å². The average molecular weight is 319 g/mol. The zero-order valence-electron chi connectivity index (χ0n) is 10.5. The summed E-state index contributed by atoms with van der Waals surface area (Å²) in [5, 5.41) is 3.35. The summed E-state index contributed by atoms with van der Waals surface area (Å²) in [5.41, 5.74) is 5.58. The fraction of sp³-hybridized carbons (Fsp3) is 0.636. The second-order valence-electron chi connectivity index (χ2n) is 3.87. The van der Waals surface area contributed by atoms with Gasteiger partial charge in [0.2, 0.25) is 5.95 Å². The quantitative estimate of drug-likeness (QED) is 0.843. The van der Waals surface area contributed by atoms with Gasteiger partial charge in [-0.1, -0.05) is 13.8 Å². The van der Waals surface area contributed by atoms with Gasteiger partial charge in [0.05, 0.1) is 4.47 Å². The molecule has 3 N–H and O–H groups in total. The zero-order valence-corrected chi connectivity index (χ0v) is 12.9. The first-order chi connectivity index (χ1) is 8.06. The molecule has 0 aliphatic rings. The maximum atomic E-state index is 5.58. The van der Waals surface area contributed by atoms with Crippen LogP contribution in [0, 0.1) is 0 Å².